The highest BCUT2D eigenvalue weighted by Gasteiger charge is 2.20. The first-order valence-corrected chi connectivity index (χ1v) is 16.2. The molecule has 0 atom stereocenters. The number of hydrogen-bond acceptors (Lipinski definition) is 1. The summed E-state index contributed by atoms with van der Waals surface area (Å²) >= 11 is 0. The Morgan fingerprint density at radius 3 is 1.76 bits per heavy atom. The zero-order valence-electron chi connectivity index (χ0n) is 26.7. The van der Waals surface area contributed by atoms with Crippen molar-refractivity contribution in [3.8, 4) is 39.7 Å². The first kappa shape index (κ1) is 28.8. The lowest BCUT2D eigenvalue weighted by atomic mass is 9.91. The van der Waals surface area contributed by atoms with Crippen LogP contribution in [-0.2, 0) is 0 Å². The van der Waals surface area contributed by atoms with Crippen molar-refractivity contribution in [2.75, 3.05) is 0 Å². The molecule has 0 aliphatic rings. The fraction of sp³-hybridized carbons (Fsp3) is 0. The van der Waals surface area contributed by atoms with E-state index in [2.05, 4.69) is 104 Å². The highest BCUT2D eigenvalue weighted by molar-refractivity contribution is 6.11. The molecule has 2 aromatic heterocycles. The van der Waals surface area contributed by atoms with Gasteiger partial charge in [0.05, 0.1) is 52.5 Å². The third-order valence-electron chi connectivity index (χ3n) is 9.60. The van der Waals surface area contributed by atoms with Crippen LogP contribution in [0.2, 0.25) is 0 Å². The van der Waals surface area contributed by atoms with Crippen LogP contribution in [-0.4, -0.2) is 9.13 Å². The molecule has 0 N–H and O–H groups in total. The lowest BCUT2D eigenvalue weighted by Crippen LogP contribution is -1.98. The van der Waals surface area contributed by atoms with Gasteiger partial charge in [0, 0.05) is 32.8 Å². The van der Waals surface area contributed by atoms with Gasteiger partial charge in [0.2, 0.25) is 0 Å². The predicted octanol–water partition coefficient (Wildman–Crippen LogP) is 12.2. The monoisotopic (exact) mass is 635 g/mol. The Kier molecular flexibility index (Phi) is 6.56. The maximum Gasteiger partial charge on any atom is 0.195 e. The molecule has 0 aliphatic heterocycles. The Balaban J connectivity index is 1.32. The molecule has 50 heavy (non-hydrogen) atoms. The number of para-hydroxylation sites is 4. The van der Waals surface area contributed by atoms with Crippen LogP contribution in [0, 0.1) is 24.5 Å². The molecule has 2 heterocycles. The van der Waals surface area contributed by atoms with Crippen LogP contribution >= 0.6 is 0 Å². The Morgan fingerprint density at radius 2 is 1.08 bits per heavy atom. The minimum Gasteiger partial charge on any atom is -0.309 e. The Hall–Kier alpha value is -7.39. The summed E-state index contributed by atoms with van der Waals surface area (Å²) in [6.07, 6.45) is 0. The van der Waals surface area contributed by atoms with Gasteiger partial charge in [-0.25, -0.2) is 9.69 Å². The molecule has 230 valence electrons. The maximum absolute atomic E-state index is 9.65. The van der Waals surface area contributed by atoms with Gasteiger partial charge >= 0.3 is 0 Å². The van der Waals surface area contributed by atoms with Gasteiger partial charge in [-0.3, -0.25) is 0 Å². The van der Waals surface area contributed by atoms with E-state index in [-0.39, 0.29) is 0 Å². The molecular formula is C45H25N5. The van der Waals surface area contributed by atoms with Crippen LogP contribution in [0.15, 0.2) is 152 Å². The summed E-state index contributed by atoms with van der Waals surface area (Å²) in [5, 5.41) is 14.0. The van der Waals surface area contributed by atoms with E-state index in [0.29, 0.717) is 16.9 Å². The zero-order valence-corrected chi connectivity index (χ0v) is 26.7. The second kappa shape index (κ2) is 11.4. The summed E-state index contributed by atoms with van der Waals surface area (Å²) in [6, 6.07) is 53.1. The van der Waals surface area contributed by atoms with Gasteiger partial charge in [0.1, 0.15) is 0 Å². The van der Waals surface area contributed by atoms with Crippen LogP contribution in [0.25, 0.3) is 86.9 Å². The number of rotatable bonds is 4. The van der Waals surface area contributed by atoms with E-state index < -0.39 is 0 Å². The summed E-state index contributed by atoms with van der Waals surface area (Å²) in [6.45, 7) is 16.1. The number of aromatic nitrogens is 2. The third kappa shape index (κ3) is 4.31. The van der Waals surface area contributed by atoms with Crippen LogP contribution in [0.1, 0.15) is 5.56 Å². The molecule has 9 rings (SSSR count). The largest absolute Gasteiger partial charge is 0.309 e. The van der Waals surface area contributed by atoms with E-state index in [1.54, 1.807) is 0 Å². The van der Waals surface area contributed by atoms with Crippen molar-refractivity contribution in [1.82, 2.24) is 9.13 Å². The molecule has 0 spiro atoms. The zero-order chi connectivity index (χ0) is 33.8. The van der Waals surface area contributed by atoms with Crippen molar-refractivity contribution < 1.29 is 0 Å². The normalized spacial score (nSPS) is 11.1. The van der Waals surface area contributed by atoms with Gasteiger partial charge in [-0.05, 0) is 77.4 Å². The fourth-order valence-electron chi connectivity index (χ4n) is 7.43. The molecule has 5 heteroatoms. The third-order valence-corrected chi connectivity index (χ3v) is 9.60. The summed E-state index contributed by atoms with van der Waals surface area (Å²) in [7, 11) is 0. The lowest BCUT2D eigenvalue weighted by molar-refractivity contribution is 1.18. The minimum absolute atomic E-state index is 0.521. The quantitative estimate of drug-likeness (QED) is 0.177. The smallest absolute Gasteiger partial charge is 0.195 e. The SMILES string of the molecule is [C-]#[N+]c1ccc(-c2cc(-n3c4ccccc4c4cc(C#N)ccc43)ccc2[N+]#[C-])c(-c2ccccc2-n2c3ccccc3c3ccccc32)c1. The first-order chi connectivity index (χ1) is 24.7. The van der Waals surface area contributed by atoms with E-state index in [1.165, 1.54) is 10.8 Å². The van der Waals surface area contributed by atoms with Crippen molar-refractivity contribution in [2.24, 2.45) is 0 Å². The van der Waals surface area contributed by atoms with E-state index in [0.717, 1.165) is 66.5 Å². The van der Waals surface area contributed by atoms with Crippen LogP contribution in [0.4, 0.5) is 11.4 Å². The fourth-order valence-corrected chi connectivity index (χ4v) is 7.43. The molecular weight excluding hydrogens is 611 g/mol. The second-order valence-electron chi connectivity index (χ2n) is 12.2. The molecule has 5 nitrogen and oxygen atoms in total. The Labute approximate surface area is 288 Å². The number of benzene rings is 7. The first-order valence-electron chi connectivity index (χ1n) is 16.2. The summed E-state index contributed by atoms with van der Waals surface area (Å²) < 4.78 is 4.50. The van der Waals surface area contributed by atoms with Crippen molar-refractivity contribution in [1.29, 1.82) is 5.26 Å². The molecule has 0 fully saturated rings. The van der Waals surface area contributed by atoms with Gasteiger partial charge in [-0.1, -0.05) is 91.0 Å². The lowest BCUT2D eigenvalue weighted by Gasteiger charge is -2.19. The average molecular weight is 636 g/mol. The number of nitriles is 1. The van der Waals surface area contributed by atoms with Crippen molar-refractivity contribution in [3.05, 3.63) is 180 Å². The minimum atomic E-state index is 0.521. The molecule has 0 amide bonds. The highest BCUT2D eigenvalue weighted by atomic mass is 15.0. The van der Waals surface area contributed by atoms with Gasteiger partial charge in [0.25, 0.3) is 0 Å². The van der Waals surface area contributed by atoms with E-state index in [1.807, 2.05) is 72.8 Å². The topological polar surface area (TPSA) is 42.4 Å². The number of hydrogen-bond donors (Lipinski definition) is 0. The van der Waals surface area contributed by atoms with Crippen molar-refractivity contribution >= 4 is 55.0 Å². The van der Waals surface area contributed by atoms with E-state index in [4.69, 9.17) is 13.1 Å². The molecule has 9 aromatic rings. The number of fused-ring (bicyclic) bond motifs is 6. The van der Waals surface area contributed by atoms with E-state index >= 15 is 0 Å². The van der Waals surface area contributed by atoms with Crippen molar-refractivity contribution in [3.63, 3.8) is 0 Å². The summed E-state index contributed by atoms with van der Waals surface area (Å²) in [4.78, 5) is 7.81. The Bertz CT molecular complexity index is 2920. The molecule has 0 bridgehead atoms. The van der Waals surface area contributed by atoms with Gasteiger partial charge in [-0.2, -0.15) is 5.26 Å². The molecule has 0 unspecified atom stereocenters. The predicted molar refractivity (Wildman–Crippen MR) is 203 cm³/mol. The van der Waals surface area contributed by atoms with Crippen molar-refractivity contribution in [2.45, 2.75) is 0 Å². The molecule has 0 saturated heterocycles. The molecule has 7 aromatic carbocycles. The summed E-state index contributed by atoms with van der Waals surface area (Å²) in [5.74, 6) is 0. The average Bonchev–Trinajstić information content (AvgIpc) is 3.70. The van der Waals surface area contributed by atoms with Crippen LogP contribution in [0.3, 0.4) is 0 Å². The molecule has 0 aliphatic carbocycles. The maximum atomic E-state index is 9.65. The second-order valence-corrected chi connectivity index (χ2v) is 12.2. The van der Waals surface area contributed by atoms with Gasteiger partial charge < -0.3 is 9.13 Å². The van der Waals surface area contributed by atoms with Crippen LogP contribution in [0.5, 0.6) is 0 Å². The molecule has 0 radical (unpaired) electrons. The van der Waals surface area contributed by atoms with Crippen LogP contribution < -0.4 is 0 Å². The van der Waals surface area contributed by atoms with Gasteiger partial charge in [0.15, 0.2) is 11.4 Å². The summed E-state index contributed by atoms with van der Waals surface area (Å²) in [5.41, 5.74) is 11.2. The highest BCUT2D eigenvalue weighted by Crippen LogP contribution is 2.44. The Morgan fingerprint density at radius 1 is 0.460 bits per heavy atom. The standard InChI is InChI=1S/C45H25N5/c1-47-30-20-22-32(37(26-30)35-13-5-10-18-44(35)50-42-16-8-3-11-33(42)34-12-4-9-17-43(34)50)38-27-31(21-23-40(38)48-2)49-41-15-7-6-14-36(41)39-25-29(28-46)19-24-45(39)49/h3-27H. The number of nitrogens with zero attached hydrogens (tertiary/aromatic N) is 5. The molecule has 0 saturated carbocycles. The van der Waals surface area contributed by atoms with Gasteiger partial charge in [-0.15, -0.1) is 0 Å². The van der Waals surface area contributed by atoms with E-state index in [9.17, 15) is 5.26 Å².